The maximum absolute atomic E-state index is 12.3. The number of amides is 1. The zero-order chi connectivity index (χ0) is 15.5. The lowest BCUT2D eigenvalue weighted by Crippen LogP contribution is -2.52. The molecule has 1 aliphatic rings. The summed E-state index contributed by atoms with van der Waals surface area (Å²) < 4.78 is 0. The molecule has 4 heteroatoms. The van der Waals surface area contributed by atoms with E-state index in [1.165, 1.54) is 5.56 Å². The summed E-state index contributed by atoms with van der Waals surface area (Å²) in [6.07, 6.45) is 2.13. The molecule has 1 heterocycles. The Bertz CT molecular complexity index is 561. The van der Waals surface area contributed by atoms with E-state index in [0.717, 1.165) is 25.1 Å². The normalized spacial score (nSPS) is 16.8. The number of nitrogens with zero attached hydrogens (tertiary/aromatic N) is 2. The molecule has 1 aromatic rings. The molecule has 0 spiro atoms. The van der Waals surface area contributed by atoms with Crippen molar-refractivity contribution in [2.24, 2.45) is 5.92 Å². The predicted molar refractivity (Wildman–Crippen MR) is 84.0 cm³/mol. The fourth-order valence-electron chi connectivity index (χ4n) is 2.58. The zero-order valence-corrected chi connectivity index (χ0v) is 13.0. The maximum atomic E-state index is 12.3. The number of carbonyl (C=O) groups excluding carboxylic acids is 1. The predicted octanol–water partition coefficient (Wildman–Crippen LogP) is 2.49. The Morgan fingerprint density at radius 1 is 1.48 bits per heavy atom. The highest BCUT2D eigenvalue weighted by Gasteiger charge is 2.30. The largest absolute Gasteiger partial charge is 0.362 e. The molecule has 2 rings (SSSR count). The minimum Gasteiger partial charge on any atom is -0.362 e. The van der Waals surface area contributed by atoms with Crippen molar-refractivity contribution in [2.75, 3.05) is 18.0 Å². The van der Waals surface area contributed by atoms with Gasteiger partial charge in [0, 0.05) is 12.2 Å². The van der Waals surface area contributed by atoms with Crippen molar-refractivity contribution in [2.45, 2.75) is 39.2 Å². The van der Waals surface area contributed by atoms with E-state index in [1.807, 2.05) is 26.0 Å². The molecule has 1 N–H and O–H groups in total. The fraction of sp³-hybridized carbons (Fsp3) is 0.529. The Hall–Kier alpha value is -2.02. The first kappa shape index (κ1) is 15.4. The molecule has 0 saturated carbocycles. The summed E-state index contributed by atoms with van der Waals surface area (Å²) in [6.45, 7) is 6.86. The van der Waals surface area contributed by atoms with Crippen molar-refractivity contribution in [3.63, 3.8) is 0 Å². The van der Waals surface area contributed by atoms with Crippen LogP contribution in [-0.2, 0) is 11.2 Å². The molecule has 0 fully saturated rings. The van der Waals surface area contributed by atoms with Gasteiger partial charge in [0.15, 0.2) is 0 Å². The van der Waals surface area contributed by atoms with E-state index in [2.05, 4.69) is 28.4 Å². The second-order valence-corrected chi connectivity index (χ2v) is 6.17. The fourth-order valence-corrected chi connectivity index (χ4v) is 2.58. The van der Waals surface area contributed by atoms with E-state index >= 15 is 0 Å². The Kier molecular flexibility index (Phi) is 4.52. The van der Waals surface area contributed by atoms with E-state index in [9.17, 15) is 10.1 Å². The molecule has 0 saturated heterocycles. The number of aryl methyl sites for hydroxylation is 1. The van der Waals surface area contributed by atoms with E-state index in [4.69, 9.17) is 0 Å². The first-order valence-electron chi connectivity index (χ1n) is 7.51. The van der Waals surface area contributed by atoms with Gasteiger partial charge in [-0.3, -0.25) is 4.79 Å². The molecule has 1 atom stereocenters. The number of hydrogen-bond acceptors (Lipinski definition) is 3. The summed E-state index contributed by atoms with van der Waals surface area (Å²) in [5.74, 6) is -0.0236. The minimum absolute atomic E-state index is 0.0695. The highest BCUT2D eigenvalue weighted by molar-refractivity contribution is 5.83. The molecule has 112 valence electrons. The van der Waals surface area contributed by atoms with Crippen LogP contribution in [0.25, 0.3) is 0 Å². The van der Waals surface area contributed by atoms with Crippen LogP contribution < -0.4 is 10.2 Å². The molecular weight excluding hydrogens is 262 g/mol. The molecular formula is C17H23N3O. The van der Waals surface area contributed by atoms with Crippen molar-refractivity contribution in [3.05, 3.63) is 29.8 Å². The van der Waals surface area contributed by atoms with Crippen LogP contribution in [0.4, 0.5) is 5.69 Å². The number of nitriles is 1. The Morgan fingerprint density at radius 3 is 2.86 bits per heavy atom. The molecule has 4 nitrogen and oxygen atoms in total. The number of nitrogens with one attached hydrogen (secondary N) is 1. The molecule has 0 aromatic heterocycles. The number of carbonyl (C=O) groups is 1. The number of fused-ring (bicyclic) bond motifs is 1. The van der Waals surface area contributed by atoms with Gasteiger partial charge in [0.1, 0.15) is 5.54 Å². The van der Waals surface area contributed by atoms with Crippen LogP contribution in [0.2, 0.25) is 0 Å². The van der Waals surface area contributed by atoms with Crippen molar-refractivity contribution in [1.82, 2.24) is 5.32 Å². The number of para-hydroxylation sites is 1. The van der Waals surface area contributed by atoms with E-state index < -0.39 is 5.54 Å². The Balaban J connectivity index is 2.07. The van der Waals surface area contributed by atoms with Crippen LogP contribution in [0.1, 0.15) is 32.8 Å². The van der Waals surface area contributed by atoms with Gasteiger partial charge in [-0.25, -0.2) is 0 Å². The van der Waals surface area contributed by atoms with Crippen LogP contribution in [0.15, 0.2) is 24.3 Å². The number of hydrogen-bond donors (Lipinski definition) is 1. The maximum Gasteiger partial charge on any atom is 0.240 e. The smallest absolute Gasteiger partial charge is 0.240 e. The van der Waals surface area contributed by atoms with Gasteiger partial charge in [-0.1, -0.05) is 32.0 Å². The second-order valence-electron chi connectivity index (χ2n) is 6.17. The minimum atomic E-state index is -0.813. The molecule has 0 radical (unpaired) electrons. The highest BCUT2D eigenvalue weighted by atomic mass is 16.2. The van der Waals surface area contributed by atoms with E-state index in [-0.39, 0.29) is 11.8 Å². The molecule has 1 aromatic carbocycles. The lowest BCUT2D eigenvalue weighted by molar-refractivity contribution is -0.121. The molecule has 0 bridgehead atoms. The van der Waals surface area contributed by atoms with Gasteiger partial charge in [-0.2, -0.15) is 5.26 Å². The van der Waals surface area contributed by atoms with Crippen molar-refractivity contribution >= 4 is 11.6 Å². The van der Waals surface area contributed by atoms with Crippen LogP contribution in [0, 0.1) is 17.2 Å². The molecule has 0 unspecified atom stereocenters. The Labute approximate surface area is 126 Å². The monoisotopic (exact) mass is 285 g/mol. The highest BCUT2D eigenvalue weighted by Crippen LogP contribution is 2.26. The summed E-state index contributed by atoms with van der Waals surface area (Å²) in [4.78, 5) is 14.4. The van der Waals surface area contributed by atoms with Gasteiger partial charge in [0.2, 0.25) is 5.91 Å². The first-order chi connectivity index (χ1) is 9.96. The zero-order valence-electron chi connectivity index (χ0n) is 13.0. The van der Waals surface area contributed by atoms with Gasteiger partial charge >= 0.3 is 0 Å². The Morgan fingerprint density at radius 2 is 2.19 bits per heavy atom. The molecule has 1 aliphatic heterocycles. The van der Waals surface area contributed by atoms with Gasteiger partial charge in [-0.15, -0.1) is 0 Å². The average molecular weight is 285 g/mol. The summed E-state index contributed by atoms with van der Waals surface area (Å²) in [6, 6.07) is 10.4. The van der Waals surface area contributed by atoms with Gasteiger partial charge in [0.05, 0.1) is 12.6 Å². The first-order valence-corrected chi connectivity index (χ1v) is 7.51. The number of benzene rings is 1. The van der Waals surface area contributed by atoms with Gasteiger partial charge in [0.25, 0.3) is 0 Å². The van der Waals surface area contributed by atoms with Crippen LogP contribution >= 0.6 is 0 Å². The third kappa shape index (κ3) is 3.36. The lowest BCUT2D eigenvalue weighted by Gasteiger charge is -2.33. The van der Waals surface area contributed by atoms with Crippen LogP contribution in [0.5, 0.6) is 0 Å². The van der Waals surface area contributed by atoms with Gasteiger partial charge < -0.3 is 10.2 Å². The van der Waals surface area contributed by atoms with Crippen molar-refractivity contribution < 1.29 is 4.79 Å². The third-order valence-electron chi connectivity index (χ3n) is 4.33. The van der Waals surface area contributed by atoms with Crippen LogP contribution in [-0.4, -0.2) is 24.5 Å². The van der Waals surface area contributed by atoms with Gasteiger partial charge in [-0.05, 0) is 37.3 Å². The lowest BCUT2D eigenvalue weighted by atomic mass is 9.90. The average Bonchev–Trinajstić information content (AvgIpc) is 2.47. The number of anilines is 1. The van der Waals surface area contributed by atoms with Crippen molar-refractivity contribution in [1.29, 1.82) is 5.26 Å². The summed E-state index contributed by atoms with van der Waals surface area (Å²) in [5, 5.41) is 12.2. The van der Waals surface area contributed by atoms with Crippen LogP contribution in [0.3, 0.4) is 0 Å². The quantitative estimate of drug-likeness (QED) is 0.924. The topological polar surface area (TPSA) is 56.1 Å². The summed E-state index contributed by atoms with van der Waals surface area (Å²) in [7, 11) is 0. The summed E-state index contributed by atoms with van der Waals surface area (Å²) in [5.41, 5.74) is 1.62. The molecule has 0 aliphatic carbocycles. The SMILES string of the molecule is CC(C)[C@@](C)(C#N)NC(=O)CN1CCCc2ccccc21. The standard InChI is InChI=1S/C17H23N3O/c1-13(2)17(3,12-18)19-16(21)11-20-10-6-8-14-7-4-5-9-15(14)20/h4-5,7,9,13H,6,8,10-11H2,1-3H3,(H,19,21)/t17-/m1/s1. The third-order valence-corrected chi connectivity index (χ3v) is 4.33. The number of rotatable bonds is 4. The van der Waals surface area contributed by atoms with E-state index in [0.29, 0.717) is 6.54 Å². The second kappa shape index (κ2) is 6.17. The van der Waals surface area contributed by atoms with E-state index in [1.54, 1.807) is 6.92 Å². The van der Waals surface area contributed by atoms with Crippen molar-refractivity contribution in [3.8, 4) is 6.07 Å². The molecule has 21 heavy (non-hydrogen) atoms. The summed E-state index contributed by atoms with van der Waals surface area (Å²) >= 11 is 0. The molecule has 1 amide bonds.